The Bertz CT molecular complexity index is 452. The number of nitrogens with two attached hydrogens (primary N) is 1. The second-order valence-electron chi connectivity index (χ2n) is 2.77. The van der Waals surface area contributed by atoms with Crippen LogP contribution in [0.4, 0.5) is 10.1 Å². The Kier molecular flexibility index (Phi) is 1.94. The van der Waals surface area contributed by atoms with E-state index in [1.807, 2.05) is 0 Å². The zero-order chi connectivity index (χ0) is 9.42. The number of anilines is 1. The molecule has 0 bridgehead atoms. The summed E-state index contributed by atoms with van der Waals surface area (Å²) < 4.78 is 14.0. The van der Waals surface area contributed by atoms with Crippen LogP contribution in [0.25, 0.3) is 10.1 Å². The van der Waals surface area contributed by atoms with Gasteiger partial charge in [0.2, 0.25) is 0 Å². The highest BCUT2D eigenvalue weighted by Crippen LogP contribution is 2.31. The molecular formula is C9H8FNOS. The summed E-state index contributed by atoms with van der Waals surface area (Å²) in [5, 5.41) is 9.30. The molecular weight excluding hydrogens is 189 g/mol. The summed E-state index contributed by atoms with van der Waals surface area (Å²) in [6.07, 6.45) is 0. The molecule has 2 aromatic rings. The number of halogens is 1. The van der Waals surface area contributed by atoms with Gasteiger partial charge in [0.05, 0.1) is 6.61 Å². The molecule has 1 heterocycles. The number of hydrogen-bond donors (Lipinski definition) is 2. The third-order valence-electron chi connectivity index (χ3n) is 1.92. The minimum Gasteiger partial charge on any atom is -0.399 e. The molecule has 3 N–H and O–H groups in total. The Labute approximate surface area is 78.4 Å². The minimum atomic E-state index is -0.330. The van der Waals surface area contributed by atoms with Gasteiger partial charge in [-0.1, -0.05) is 0 Å². The molecule has 1 aromatic heterocycles. The number of aliphatic hydroxyl groups is 1. The van der Waals surface area contributed by atoms with Gasteiger partial charge in [-0.25, -0.2) is 0 Å². The van der Waals surface area contributed by atoms with E-state index in [1.165, 1.54) is 0 Å². The summed E-state index contributed by atoms with van der Waals surface area (Å²) in [5.41, 5.74) is 6.48. The number of fused-ring (bicyclic) bond motifs is 1. The summed E-state index contributed by atoms with van der Waals surface area (Å²) in [5.74, 6) is 0. The molecule has 68 valence electrons. The molecule has 0 unspecified atom stereocenters. The molecule has 0 aliphatic carbocycles. The van der Waals surface area contributed by atoms with Crippen LogP contribution in [0.5, 0.6) is 0 Å². The van der Waals surface area contributed by atoms with Crippen molar-refractivity contribution in [2.45, 2.75) is 6.61 Å². The second kappa shape index (κ2) is 2.97. The van der Waals surface area contributed by atoms with Gasteiger partial charge in [-0.3, -0.25) is 0 Å². The highest BCUT2D eigenvalue weighted by Gasteiger charge is 2.10. The molecule has 0 saturated heterocycles. The maximum absolute atomic E-state index is 13.2. The summed E-state index contributed by atoms with van der Waals surface area (Å²) >= 11 is 1.03. The monoisotopic (exact) mass is 197 g/mol. The molecule has 2 nitrogen and oxygen atoms in total. The van der Waals surface area contributed by atoms with Crippen molar-refractivity contribution in [3.8, 4) is 0 Å². The van der Waals surface area contributed by atoms with Gasteiger partial charge < -0.3 is 10.8 Å². The molecule has 1 aromatic carbocycles. The largest absolute Gasteiger partial charge is 0.399 e. The molecule has 0 aliphatic heterocycles. The number of benzene rings is 1. The SMILES string of the molecule is Nc1ccc2sc(F)c(CO)c2c1. The van der Waals surface area contributed by atoms with E-state index < -0.39 is 0 Å². The minimum absolute atomic E-state index is 0.282. The van der Waals surface area contributed by atoms with Crippen molar-refractivity contribution < 1.29 is 9.50 Å². The van der Waals surface area contributed by atoms with Crippen molar-refractivity contribution in [1.82, 2.24) is 0 Å². The fraction of sp³-hybridized carbons (Fsp3) is 0.111. The van der Waals surface area contributed by atoms with Crippen molar-refractivity contribution in [3.05, 3.63) is 28.9 Å². The number of nitrogen functional groups attached to an aromatic ring is 1. The molecule has 13 heavy (non-hydrogen) atoms. The Morgan fingerprint density at radius 3 is 2.92 bits per heavy atom. The van der Waals surface area contributed by atoms with Crippen LogP contribution in [0.1, 0.15) is 5.56 Å². The third kappa shape index (κ3) is 1.28. The van der Waals surface area contributed by atoms with Crippen LogP contribution in [0.15, 0.2) is 18.2 Å². The Morgan fingerprint density at radius 2 is 2.23 bits per heavy atom. The van der Waals surface area contributed by atoms with E-state index in [4.69, 9.17) is 10.8 Å². The van der Waals surface area contributed by atoms with E-state index in [0.717, 1.165) is 16.0 Å². The van der Waals surface area contributed by atoms with Crippen LogP contribution in [0.3, 0.4) is 0 Å². The average Bonchev–Trinajstić information content (AvgIpc) is 2.40. The first kappa shape index (κ1) is 8.47. The summed E-state index contributed by atoms with van der Waals surface area (Å²) in [7, 11) is 0. The van der Waals surface area contributed by atoms with E-state index in [2.05, 4.69) is 0 Å². The first-order valence-corrected chi connectivity index (χ1v) is 4.61. The Morgan fingerprint density at radius 1 is 1.46 bits per heavy atom. The standard InChI is InChI=1S/C9H8FNOS/c10-9-7(4-12)6-3-5(11)1-2-8(6)13-9/h1-3,12H,4,11H2. The molecule has 0 atom stereocenters. The van der Waals surface area contributed by atoms with Crippen LogP contribution in [-0.2, 0) is 6.61 Å². The fourth-order valence-electron chi connectivity index (χ4n) is 1.28. The molecule has 0 fully saturated rings. The van der Waals surface area contributed by atoms with Gasteiger partial charge in [0.15, 0.2) is 5.13 Å². The van der Waals surface area contributed by atoms with E-state index in [0.29, 0.717) is 16.6 Å². The van der Waals surface area contributed by atoms with Crippen molar-refractivity contribution in [2.24, 2.45) is 0 Å². The van der Waals surface area contributed by atoms with Crippen LogP contribution in [0.2, 0.25) is 0 Å². The van der Waals surface area contributed by atoms with Gasteiger partial charge in [-0.15, -0.1) is 11.3 Å². The van der Waals surface area contributed by atoms with Crippen LogP contribution < -0.4 is 5.73 Å². The zero-order valence-corrected chi connectivity index (χ0v) is 7.57. The number of aliphatic hydroxyl groups excluding tert-OH is 1. The van der Waals surface area contributed by atoms with Gasteiger partial charge in [0, 0.05) is 21.3 Å². The number of thiophene rings is 1. The van der Waals surface area contributed by atoms with Crippen molar-refractivity contribution in [2.75, 3.05) is 5.73 Å². The van der Waals surface area contributed by atoms with Gasteiger partial charge in [-0.2, -0.15) is 4.39 Å². The first-order valence-electron chi connectivity index (χ1n) is 3.79. The van der Waals surface area contributed by atoms with Crippen LogP contribution in [0, 0.1) is 5.13 Å². The van der Waals surface area contributed by atoms with E-state index >= 15 is 0 Å². The maximum Gasteiger partial charge on any atom is 0.183 e. The van der Waals surface area contributed by atoms with Gasteiger partial charge >= 0.3 is 0 Å². The lowest BCUT2D eigenvalue weighted by molar-refractivity contribution is 0.279. The van der Waals surface area contributed by atoms with E-state index in [1.54, 1.807) is 18.2 Å². The molecule has 0 aliphatic rings. The lowest BCUT2D eigenvalue weighted by Crippen LogP contribution is -1.86. The summed E-state index contributed by atoms with van der Waals surface area (Å²) in [6, 6.07) is 5.16. The molecule has 2 rings (SSSR count). The normalized spacial score (nSPS) is 10.9. The first-order chi connectivity index (χ1) is 6.22. The van der Waals surface area contributed by atoms with Crippen molar-refractivity contribution >= 4 is 27.1 Å². The summed E-state index contributed by atoms with van der Waals surface area (Å²) in [4.78, 5) is 0. The van der Waals surface area contributed by atoms with Crippen molar-refractivity contribution in [3.63, 3.8) is 0 Å². The lowest BCUT2D eigenvalue weighted by Gasteiger charge is -1.95. The number of rotatable bonds is 1. The van der Waals surface area contributed by atoms with Crippen LogP contribution >= 0.6 is 11.3 Å². The van der Waals surface area contributed by atoms with Gasteiger partial charge in [0.25, 0.3) is 0 Å². The molecule has 0 saturated carbocycles. The topological polar surface area (TPSA) is 46.2 Å². The molecule has 0 spiro atoms. The molecule has 0 radical (unpaired) electrons. The smallest absolute Gasteiger partial charge is 0.183 e. The van der Waals surface area contributed by atoms with Crippen LogP contribution in [-0.4, -0.2) is 5.11 Å². The van der Waals surface area contributed by atoms with Gasteiger partial charge in [0.1, 0.15) is 0 Å². The van der Waals surface area contributed by atoms with E-state index in [9.17, 15) is 4.39 Å². The van der Waals surface area contributed by atoms with E-state index in [-0.39, 0.29) is 11.7 Å². The predicted octanol–water partition coefficient (Wildman–Crippen LogP) is 2.11. The Balaban J connectivity index is 2.80. The van der Waals surface area contributed by atoms with Crippen molar-refractivity contribution in [1.29, 1.82) is 0 Å². The average molecular weight is 197 g/mol. The quantitative estimate of drug-likeness (QED) is 0.688. The summed E-state index contributed by atoms with van der Waals surface area (Å²) in [6.45, 7) is -0.282. The van der Waals surface area contributed by atoms with Gasteiger partial charge in [-0.05, 0) is 18.2 Å². The maximum atomic E-state index is 13.2. The third-order valence-corrected chi connectivity index (χ3v) is 2.93. The second-order valence-corrected chi connectivity index (χ2v) is 3.77. The predicted molar refractivity (Wildman–Crippen MR) is 52.1 cm³/mol. The Hall–Kier alpha value is -1.13. The molecule has 0 amide bonds. The molecule has 4 heteroatoms. The zero-order valence-electron chi connectivity index (χ0n) is 6.75. The number of hydrogen-bond acceptors (Lipinski definition) is 3. The fourth-order valence-corrected chi connectivity index (χ4v) is 2.20. The lowest BCUT2D eigenvalue weighted by atomic mass is 10.1. The highest BCUT2D eigenvalue weighted by atomic mass is 32.1. The highest BCUT2D eigenvalue weighted by molar-refractivity contribution is 7.17.